The standard InChI is InChI=1S/C23H27N3O3/c1-27-20-11-10-16(14-21(20)28-2)19-9-5-3-4-8-17-15-18(24-26(17)19)22-23(29-22)25-12-6-7-13-25/h3,5,9-11,14-15,22-23H,4,6-8,12-13H2,1-2H3/b5-3-,19-9-. The molecule has 2 fully saturated rings. The molecule has 0 N–H and O–H groups in total. The second-order valence-corrected chi connectivity index (χ2v) is 7.75. The minimum absolute atomic E-state index is 0.0912. The van der Waals surface area contributed by atoms with Crippen LogP contribution in [-0.2, 0) is 11.2 Å². The summed E-state index contributed by atoms with van der Waals surface area (Å²) in [7, 11) is 3.31. The molecular formula is C23H27N3O3. The first kappa shape index (κ1) is 18.5. The second-order valence-electron chi connectivity index (χ2n) is 7.75. The molecule has 29 heavy (non-hydrogen) atoms. The molecule has 0 radical (unpaired) electrons. The smallest absolute Gasteiger partial charge is 0.161 e. The SMILES string of the molecule is COc1ccc(/C2=C/C=C\CCc3cc(C4OC4N4CCCC4)nn32)cc1OC. The zero-order chi connectivity index (χ0) is 19.8. The third kappa shape index (κ3) is 3.47. The Bertz CT molecular complexity index is 956. The maximum Gasteiger partial charge on any atom is 0.161 e. The molecule has 2 saturated heterocycles. The van der Waals surface area contributed by atoms with Gasteiger partial charge in [0.2, 0.25) is 0 Å². The van der Waals surface area contributed by atoms with Crippen molar-refractivity contribution in [1.29, 1.82) is 0 Å². The number of benzene rings is 1. The maximum absolute atomic E-state index is 6.01. The van der Waals surface area contributed by atoms with Crippen LogP contribution in [0.2, 0.25) is 0 Å². The first-order valence-electron chi connectivity index (χ1n) is 10.4. The van der Waals surface area contributed by atoms with E-state index < -0.39 is 0 Å². The van der Waals surface area contributed by atoms with Crippen molar-refractivity contribution in [1.82, 2.24) is 14.7 Å². The van der Waals surface area contributed by atoms with E-state index in [1.54, 1.807) is 14.2 Å². The molecule has 6 nitrogen and oxygen atoms in total. The first-order chi connectivity index (χ1) is 14.3. The summed E-state index contributed by atoms with van der Waals surface area (Å²) in [5, 5.41) is 4.98. The molecule has 4 heterocycles. The Morgan fingerprint density at radius 2 is 1.90 bits per heavy atom. The molecule has 3 aliphatic heterocycles. The number of aromatic nitrogens is 2. The lowest BCUT2D eigenvalue weighted by Gasteiger charge is -2.15. The maximum atomic E-state index is 6.01. The lowest BCUT2D eigenvalue weighted by atomic mass is 10.1. The van der Waals surface area contributed by atoms with E-state index in [-0.39, 0.29) is 12.3 Å². The van der Waals surface area contributed by atoms with Crippen molar-refractivity contribution in [2.45, 2.75) is 38.0 Å². The van der Waals surface area contributed by atoms with Crippen LogP contribution in [0.4, 0.5) is 0 Å². The monoisotopic (exact) mass is 393 g/mol. The van der Waals surface area contributed by atoms with Crippen molar-refractivity contribution in [3.8, 4) is 11.5 Å². The molecule has 1 aromatic heterocycles. The van der Waals surface area contributed by atoms with E-state index in [1.165, 1.54) is 18.5 Å². The van der Waals surface area contributed by atoms with E-state index in [9.17, 15) is 0 Å². The molecular weight excluding hydrogens is 366 g/mol. The number of allylic oxidation sites excluding steroid dienone is 3. The molecule has 2 atom stereocenters. The van der Waals surface area contributed by atoms with Gasteiger partial charge in [0, 0.05) is 24.3 Å². The Hall–Kier alpha value is -2.57. The van der Waals surface area contributed by atoms with Crippen molar-refractivity contribution in [3.05, 3.63) is 59.4 Å². The van der Waals surface area contributed by atoms with E-state index in [0.717, 1.165) is 48.6 Å². The van der Waals surface area contributed by atoms with E-state index in [0.29, 0.717) is 5.75 Å². The van der Waals surface area contributed by atoms with Crippen molar-refractivity contribution >= 4 is 5.70 Å². The van der Waals surface area contributed by atoms with Crippen molar-refractivity contribution in [2.75, 3.05) is 27.3 Å². The minimum Gasteiger partial charge on any atom is -0.493 e. The molecule has 0 spiro atoms. The molecule has 0 amide bonds. The van der Waals surface area contributed by atoms with Gasteiger partial charge < -0.3 is 14.2 Å². The Kier molecular flexibility index (Phi) is 4.89. The highest BCUT2D eigenvalue weighted by atomic mass is 16.6. The van der Waals surface area contributed by atoms with Crippen LogP contribution in [0.5, 0.6) is 11.5 Å². The van der Waals surface area contributed by atoms with E-state index in [1.807, 2.05) is 12.1 Å². The molecule has 0 aliphatic carbocycles. The van der Waals surface area contributed by atoms with Crippen LogP contribution in [0.15, 0.2) is 42.5 Å². The average molecular weight is 393 g/mol. The number of hydrogen-bond donors (Lipinski definition) is 0. The van der Waals surface area contributed by atoms with Gasteiger partial charge in [-0.05, 0) is 56.0 Å². The molecule has 6 heteroatoms. The van der Waals surface area contributed by atoms with Crippen molar-refractivity contribution < 1.29 is 14.2 Å². The summed E-state index contributed by atoms with van der Waals surface area (Å²) in [6.45, 7) is 2.27. The number of methoxy groups -OCH3 is 2. The van der Waals surface area contributed by atoms with Gasteiger partial charge in [0.25, 0.3) is 0 Å². The number of likely N-dealkylation sites (tertiary alicyclic amines) is 1. The number of epoxide rings is 1. The summed E-state index contributed by atoms with van der Waals surface area (Å²) in [5.41, 5.74) is 4.31. The summed E-state index contributed by atoms with van der Waals surface area (Å²) >= 11 is 0. The average Bonchev–Trinajstić information content (AvgIpc) is 3.14. The molecule has 3 aliphatic rings. The highest BCUT2D eigenvalue weighted by Gasteiger charge is 2.47. The number of rotatable bonds is 5. The lowest BCUT2D eigenvalue weighted by Crippen LogP contribution is -2.23. The van der Waals surface area contributed by atoms with Gasteiger partial charge in [0.05, 0.1) is 25.6 Å². The summed E-state index contributed by atoms with van der Waals surface area (Å²) in [6, 6.07) is 8.21. The topological polar surface area (TPSA) is 52.0 Å². The van der Waals surface area contributed by atoms with Crippen molar-refractivity contribution in [2.24, 2.45) is 0 Å². The quantitative estimate of drug-likeness (QED) is 0.724. The third-order valence-electron chi connectivity index (χ3n) is 5.93. The van der Waals surface area contributed by atoms with Gasteiger partial charge in [-0.25, -0.2) is 4.68 Å². The fraction of sp³-hybridized carbons (Fsp3) is 0.435. The molecule has 2 aromatic rings. The Labute approximate surface area is 171 Å². The van der Waals surface area contributed by atoms with Gasteiger partial charge in [-0.15, -0.1) is 0 Å². The van der Waals surface area contributed by atoms with Crippen LogP contribution in [0.25, 0.3) is 5.70 Å². The fourth-order valence-corrected chi connectivity index (χ4v) is 4.33. The van der Waals surface area contributed by atoms with Crippen LogP contribution in [0.3, 0.4) is 0 Å². The van der Waals surface area contributed by atoms with Gasteiger partial charge in [0.15, 0.2) is 11.5 Å². The van der Waals surface area contributed by atoms with Gasteiger partial charge in [-0.3, -0.25) is 4.90 Å². The molecule has 5 rings (SSSR count). The second kappa shape index (κ2) is 7.69. The minimum atomic E-state index is 0.0912. The number of nitrogens with zero attached hydrogens (tertiary/aromatic N) is 3. The summed E-state index contributed by atoms with van der Waals surface area (Å²) in [6.07, 6.45) is 11.2. The number of fused-ring (bicyclic) bond motifs is 1. The van der Waals surface area contributed by atoms with Crippen LogP contribution in [0.1, 0.15) is 42.3 Å². The Morgan fingerprint density at radius 1 is 1.07 bits per heavy atom. The zero-order valence-corrected chi connectivity index (χ0v) is 17.0. The normalized spacial score (nSPS) is 26.8. The highest BCUT2D eigenvalue weighted by Crippen LogP contribution is 2.42. The van der Waals surface area contributed by atoms with Gasteiger partial charge in [0.1, 0.15) is 12.3 Å². The Balaban J connectivity index is 1.49. The van der Waals surface area contributed by atoms with Crippen LogP contribution >= 0.6 is 0 Å². The molecule has 152 valence electrons. The third-order valence-corrected chi connectivity index (χ3v) is 5.93. The molecule has 0 bridgehead atoms. The largest absolute Gasteiger partial charge is 0.493 e. The van der Waals surface area contributed by atoms with Crippen LogP contribution in [-0.4, -0.2) is 48.2 Å². The van der Waals surface area contributed by atoms with E-state index in [2.05, 4.69) is 39.9 Å². The van der Waals surface area contributed by atoms with E-state index >= 15 is 0 Å². The number of hydrogen-bond acceptors (Lipinski definition) is 5. The summed E-state index contributed by atoms with van der Waals surface area (Å²) in [4.78, 5) is 2.44. The summed E-state index contributed by atoms with van der Waals surface area (Å²) in [5.74, 6) is 1.44. The molecule has 1 aromatic carbocycles. The first-order valence-corrected chi connectivity index (χ1v) is 10.4. The van der Waals surface area contributed by atoms with Crippen LogP contribution < -0.4 is 9.47 Å². The predicted molar refractivity (Wildman–Crippen MR) is 111 cm³/mol. The van der Waals surface area contributed by atoms with Gasteiger partial charge in [-0.1, -0.05) is 12.2 Å². The van der Waals surface area contributed by atoms with Gasteiger partial charge in [-0.2, -0.15) is 5.10 Å². The van der Waals surface area contributed by atoms with Crippen molar-refractivity contribution in [3.63, 3.8) is 0 Å². The van der Waals surface area contributed by atoms with Gasteiger partial charge >= 0.3 is 0 Å². The van der Waals surface area contributed by atoms with Crippen LogP contribution in [0, 0.1) is 0 Å². The summed E-state index contributed by atoms with van der Waals surface area (Å²) < 4.78 is 19.0. The predicted octanol–water partition coefficient (Wildman–Crippen LogP) is 3.79. The Morgan fingerprint density at radius 3 is 2.69 bits per heavy atom. The van der Waals surface area contributed by atoms with E-state index in [4.69, 9.17) is 19.3 Å². The lowest BCUT2D eigenvalue weighted by molar-refractivity contribution is 0.210. The fourth-order valence-electron chi connectivity index (χ4n) is 4.33. The highest BCUT2D eigenvalue weighted by molar-refractivity contribution is 5.70. The number of ether oxygens (including phenoxy) is 3. The molecule has 0 saturated carbocycles. The molecule has 2 unspecified atom stereocenters. The zero-order valence-electron chi connectivity index (χ0n) is 17.0. The number of aryl methyl sites for hydroxylation is 1.